The van der Waals surface area contributed by atoms with E-state index >= 15 is 0 Å². The molecule has 1 atom stereocenters. The summed E-state index contributed by atoms with van der Waals surface area (Å²) in [5.41, 5.74) is 0. The van der Waals surface area contributed by atoms with E-state index in [0.717, 1.165) is 12.8 Å². The minimum absolute atomic E-state index is 0.0355. The smallest absolute Gasteiger partial charge is 0.282 e. The topological polar surface area (TPSA) is 79.3 Å². The fraction of sp³-hybridized carbons (Fsp3) is 1.00. The Hall–Kier alpha value is -0.250. The summed E-state index contributed by atoms with van der Waals surface area (Å²) < 4.78 is 38.4. The summed E-state index contributed by atoms with van der Waals surface area (Å²) in [4.78, 5) is 0. The van der Waals surface area contributed by atoms with Crippen LogP contribution in [0.4, 0.5) is 0 Å². The van der Waals surface area contributed by atoms with Crippen molar-refractivity contribution in [2.45, 2.75) is 19.3 Å². The van der Waals surface area contributed by atoms with Crippen molar-refractivity contribution >= 4 is 10.2 Å². The van der Waals surface area contributed by atoms with E-state index in [9.17, 15) is 13.5 Å². The second kappa shape index (κ2) is 9.70. The van der Waals surface area contributed by atoms with Gasteiger partial charge < -0.3 is 14.6 Å². The second-order valence-corrected chi connectivity index (χ2v) is 7.22. The van der Waals surface area contributed by atoms with Crippen LogP contribution in [0, 0.1) is 5.92 Å². The molecular weight excluding hydrogens is 296 g/mol. The highest BCUT2D eigenvalue weighted by Crippen LogP contribution is 2.21. The van der Waals surface area contributed by atoms with Crippen LogP contribution in [0.25, 0.3) is 0 Å². The van der Waals surface area contributed by atoms with E-state index in [1.807, 2.05) is 0 Å². The van der Waals surface area contributed by atoms with E-state index in [1.54, 1.807) is 14.2 Å². The van der Waals surface area contributed by atoms with E-state index in [-0.39, 0.29) is 12.5 Å². The van der Waals surface area contributed by atoms with Gasteiger partial charge in [-0.2, -0.15) is 17.0 Å². The van der Waals surface area contributed by atoms with Gasteiger partial charge in [0, 0.05) is 53.6 Å². The molecule has 1 fully saturated rings. The number of piperidine rings is 1. The Balaban J connectivity index is 2.71. The average molecular weight is 324 g/mol. The highest BCUT2D eigenvalue weighted by Gasteiger charge is 2.33. The molecule has 1 N–H and O–H groups in total. The Kier molecular flexibility index (Phi) is 8.69. The predicted molar refractivity (Wildman–Crippen MR) is 80.2 cm³/mol. The van der Waals surface area contributed by atoms with Gasteiger partial charge in [-0.15, -0.1) is 0 Å². The van der Waals surface area contributed by atoms with Crippen LogP contribution in [-0.2, 0) is 19.7 Å². The van der Waals surface area contributed by atoms with Crippen molar-refractivity contribution in [1.82, 2.24) is 8.61 Å². The summed E-state index contributed by atoms with van der Waals surface area (Å²) in [6.07, 6.45) is 2.32. The van der Waals surface area contributed by atoms with Gasteiger partial charge in [-0.3, -0.25) is 0 Å². The van der Waals surface area contributed by atoms with Crippen molar-refractivity contribution in [3.05, 3.63) is 0 Å². The highest BCUT2D eigenvalue weighted by atomic mass is 32.2. The Morgan fingerprint density at radius 3 is 2.57 bits per heavy atom. The van der Waals surface area contributed by atoms with E-state index in [1.165, 1.54) is 8.61 Å². The first-order valence-electron chi connectivity index (χ1n) is 7.40. The number of nitrogens with zero attached hydrogens (tertiary/aromatic N) is 2. The van der Waals surface area contributed by atoms with Crippen LogP contribution in [0.15, 0.2) is 0 Å². The maximum Gasteiger partial charge on any atom is 0.282 e. The van der Waals surface area contributed by atoms with Crippen molar-refractivity contribution < 1.29 is 23.0 Å². The van der Waals surface area contributed by atoms with Crippen LogP contribution in [0.1, 0.15) is 19.3 Å². The van der Waals surface area contributed by atoms with Crippen molar-refractivity contribution in [2.24, 2.45) is 5.92 Å². The van der Waals surface area contributed by atoms with Gasteiger partial charge in [-0.25, -0.2) is 0 Å². The van der Waals surface area contributed by atoms with Gasteiger partial charge in [0.15, 0.2) is 0 Å². The van der Waals surface area contributed by atoms with E-state index in [0.29, 0.717) is 45.8 Å². The molecule has 0 saturated carbocycles. The van der Waals surface area contributed by atoms with Crippen LogP contribution in [0.3, 0.4) is 0 Å². The number of aliphatic hydroxyl groups is 1. The lowest BCUT2D eigenvalue weighted by atomic mass is 10.0. The summed E-state index contributed by atoms with van der Waals surface area (Å²) >= 11 is 0. The normalized spacial score (nSPS) is 21.0. The maximum atomic E-state index is 12.7. The first kappa shape index (κ1) is 18.8. The SMILES string of the molecule is COCCCN(CCOC)S(=O)(=O)N1CCCC(CO)C1. The number of hydrogen-bond donors (Lipinski definition) is 1. The third-order valence-electron chi connectivity index (χ3n) is 3.69. The molecular formula is C13H28N2O5S. The largest absolute Gasteiger partial charge is 0.396 e. The molecule has 0 radical (unpaired) electrons. The zero-order chi connectivity index (χ0) is 15.7. The molecule has 0 aliphatic carbocycles. The molecule has 8 heteroatoms. The second-order valence-electron chi connectivity index (χ2n) is 5.29. The van der Waals surface area contributed by atoms with Crippen LogP contribution in [0.2, 0.25) is 0 Å². The van der Waals surface area contributed by atoms with E-state index < -0.39 is 10.2 Å². The van der Waals surface area contributed by atoms with Crippen LogP contribution >= 0.6 is 0 Å². The van der Waals surface area contributed by atoms with Crippen LogP contribution < -0.4 is 0 Å². The minimum Gasteiger partial charge on any atom is -0.396 e. The number of ether oxygens (including phenoxy) is 2. The molecule has 1 aliphatic heterocycles. The van der Waals surface area contributed by atoms with Gasteiger partial charge in [0.1, 0.15) is 0 Å². The van der Waals surface area contributed by atoms with Gasteiger partial charge in [-0.05, 0) is 25.2 Å². The molecule has 0 amide bonds. The van der Waals surface area contributed by atoms with Crippen LogP contribution in [-0.4, -0.2) is 82.4 Å². The average Bonchev–Trinajstić information content (AvgIpc) is 2.50. The molecule has 0 aromatic carbocycles. The number of aliphatic hydroxyl groups excluding tert-OH is 1. The number of rotatable bonds is 10. The summed E-state index contributed by atoms with van der Waals surface area (Å²) in [6.45, 7) is 2.59. The zero-order valence-corrected chi connectivity index (χ0v) is 13.8. The summed E-state index contributed by atoms with van der Waals surface area (Å²) in [5, 5.41) is 9.26. The fourth-order valence-electron chi connectivity index (χ4n) is 2.47. The lowest BCUT2D eigenvalue weighted by molar-refractivity contribution is 0.147. The maximum absolute atomic E-state index is 12.7. The van der Waals surface area contributed by atoms with Crippen molar-refractivity contribution in [3.8, 4) is 0 Å². The quantitative estimate of drug-likeness (QED) is 0.569. The first-order chi connectivity index (χ1) is 10.1. The lowest BCUT2D eigenvalue weighted by Gasteiger charge is -2.35. The van der Waals surface area contributed by atoms with E-state index in [2.05, 4.69) is 0 Å². The third kappa shape index (κ3) is 5.80. The predicted octanol–water partition coefficient (Wildman–Crippen LogP) is -0.0796. The molecule has 126 valence electrons. The molecule has 1 saturated heterocycles. The monoisotopic (exact) mass is 324 g/mol. The van der Waals surface area contributed by atoms with Crippen molar-refractivity contribution in [1.29, 1.82) is 0 Å². The Morgan fingerprint density at radius 1 is 1.24 bits per heavy atom. The standard InChI is InChI=1S/C13H28N2O5S/c1-19-9-4-7-14(8-10-20-2)21(17,18)15-6-3-5-13(11-15)12-16/h13,16H,3-12H2,1-2H3. The molecule has 1 rings (SSSR count). The minimum atomic E-state index is -3.50. The van der Waals surface area contributed by atoms with Gasteiger partial charge in [0.05, 0.1) is 6.61 Å². The number of hydrogen-bond acceptors (Lipinski definition) is 5. The van der Waals surface area contributed by atoms with Gasteiger partial charge >= 0.3 is 0 Å². The van der Waals surface area contributed by atoms with E-state index in [4.69, 9.17) is 9.47 Å². The van der Waals surface area contributed by atoms with Gasteiger partial charge in [0.2, 0.25) is 0 Å². The highest BCUT2D eigenvalue weighted by molar-refractivity contribution is 7.86. The molecule has 7 nitrogen and oxygen atoms in total. The molecule has 1 unspecified atom stereocenters. The molecule has 0 bridgehead atoms. The van der Waals surface area contributed by atoms with Crippen molar-refractivity contribution in [2.75, 3.05) is 60.2 Å². The van der Waals surface area contributed by atoms with Crippen LogP contribution in [0.5, 0.6) is 0 Å². The third-order valence-corrected chi connectivity index (χ3v) is 5.70. The molecule has 0 aromatic heterocycles. The number of methoxy groups -OCH3 is 2. The molecule has 1 aliphatic rings. The Bertz CT molecular complexity index is 377. The Morgan fingerprint density at radius 2 is 1.95 bits per heavy atom. The van der Waals surface area contributed by atoms with Gasteiger partial charge in [-0.1, -0.05) is 0 Å². The van der Waals surface area contributed by atoms with Gasteiger partial charge in [0.25, 0.3) is 10.2 Å². The summed E-state index contributed by atoms with van der Waals surface area (Å²) in [6, 6.07) is 0. The molecule has 0 spiro atoms. The zero-order valence-electron chi connectivity index (χ0n) is 13.0. The summed E-state index contributed by atoms with van der Waals surface area (Å²) in [7, 11) is -0.340. The molecule has 1 heterocycles. The molecule has 0 aromatic rings. The fourth-order valence-corrected chi connectivity index (χ4v) is 4.22. The Labute approximate surface area is 128 Å². The lowest BCUT2D eigenvalue weighted by Crippen LogP contribution is -2.49. The first-order valence-corrected chi connectivity index (χ1v) is 8.80. The summed E-state index contributed by atoms with van der Waals surface area (Å²) in [5.74, 6) is 0.0387. The molecule has 21 heavy (non-hydrogen) atoms. The van der Waals surface area contributed by atoms with Crippen molar-refractivity contribution in [3.63, 3.8) is 0 Å².